The smallest absolute Gasteiger partial charge is 0.240 e. The highest BCUT2D eigenvalue weighted by atomic mass is 16.2. The van der Waals surface area contributed by atoms with Crippen LogP contribution in [0.1, 0.15) is 38.5 Å². The highest BCUT2D eigenvalue weighted by molar-refractivity contribution is 5.86. The molecule has 1 unspecified atom stereocenters. The Bertz CT molecular complexity index is 482. The van der Waals surface area contributed by atoms with Crippen molar-refractivity contribution in [1.29, 1.82) is 0 Å². The third kappa shape index (κ3) is 3.21. The van der Waals surface area contributed by atoms with Gasteiger partial charge in [-0.3, -0.25) is 4.79 Å². The number of benzene rings is 1. The average Bonchev–Trinajstić information content (AvgIpc) is 2.97. The third-order valence-corrected chi connectivity index (χ3v) is 4.84. The lowest BCUT2D eigenvalue weighted by Crippen LogP contribution is -2.57. The summed E-state index contributed by atoms with van der Waals surface area (Å²) in [5, 5.41) is 3.18. The number of amides is 1. The second-order valence-corrected chi connectivity index (χ2v) is 6.46. The summed E-state index contributed by atoms with van der Waals surface area (Å²) >= 11 is 0. The van der Waals surface area contributed by atoms with Crippen LogP contribution >= 0.6 is 0 Å². The molecule has 1 aromatic carbocycles. The summed E-state index contributed by atoms with van der Waals surface area (Å²) in [5.74, 6) is 0.0575. The van der Waals surface area contributed by atoms with Crippen molar-refractivity contribution in [1.82, 2.24) is 5.32 Å². The number of hydrogen-bond acceptors (Lipinski definition) is 3. The quantitative estimate of drug-likeness (QED) is 0.894. The number of nitrogens with zero attached hydrogens (tertiary/aromatic N) is 1. The lowest BCUT2D eigenvalue weighted by Gasteiger charge is -2.33. The molecule has 1 saturated heterocycles. The first-order chi connectivity index (χ1) is 10.2. The zero-order valence-electron chi connectivity index (χ0n) is 12.6. The van der Waals surface area contributed by atoms with Crippen molar-refractivity contribution in [3.63, 3.8) is 0 Å². The van der Waals surface area contributed by atoms with Gasteiger partial charge in [-0.15, -0.1) is 0 Å². The number of carbonyl (C=O) groups excluding carboxylic acids is 1. The SMILES string of the molecule is NC1(C(=O)NC2CCN(c3ccccc3)C2)CCCCC1. The molecule has 1 amide bonds. The summed E-state index contributed by atoms with van der Waals surface area (Å²) in [6.07, 6.45) is 6.01. The van der Waals surface area contributed by atoms with Crippen molar-refractivity contribution in [2.75, 3.05) is 18.0 Å². The van der Waals surface area contributed by atoms with Crippen molar-refractivity contribution in [3.05, 3.63) is 30.3 Å². The monoisotopic (exact) mass is 287 g/mol. The molecule has 1 heterocycles. The minimum absolute atomic E-state index is 0.0575. The highest BCUT2D eigenvalue weighted by Crippen LogP contribution is 2.27. The van der Waals surface area contributed by atoms with E-state index in [-0.39, 0.29) is 11.9 Å². The van der Waals surface area contributed by atoms with Crippen LogP contribution < -0.4 is 16.0 Å². The Morgan fingerprint density at radius 2 is 1.90 bits per heavy atom. The van der Waals surface area contributed by atoms with E-state index in [0.29, 0.717) is 0 Å². The molecule has 3 rings (SSSR count). The van der Waals surface area contributed by atoms with Gasteiger partial charge in [0.15, 0.2) is 0 Å². The molecule has 21 heavy (non-hydrogen) atoms. The summed E-state index contributed by atoms with van der Waals surface area (Å²) in [4.78, 5) is 14.8. The van der Waals surface area contributed by atoms with Gasteiger partial charge < -0.3 is 16.0 Å². The van der Waals surface area contributed by atoms with Gasteiger partial charge in [-0.1, -0.05) is 37.5 Å². The molecular formula is C17H25N3O. The van der Waals surface area contributed by atoms with E-state index in [4.69, 9.17) is 5.73 Å². The zero-order chi connectivity index (χ0) is 14.7. The van der Waals surface area contributed by atoms with Crippen molar-refractivity contribution >= 4 is 11.6 Å². The Morgan fingerprint density at radius 1 is 1.19 bits per heavy atom. The van der Waals surface area contributed by atoms with Crippen molar-refractivity contribution in [3.8, 4) is 0 Å². The van der Waals surface area contributed by atoms with Crippen LogP contribution in [-0.2, 0) is 4.79 Å². The molecule has 114 valence electrons. The Balaban J connectivity index is 1.56. The molecule has 1 aliphatic carbocycles. The molecule has 2 aliphatic rings. The maximum Gasteiger partial charge on any atom is 0.240 e. The van der Waals surface area contributed by atoms with E-state index >= 15 is 0 Å². The minimum atomic E-state index is -0.627. The minimum Gasteiger partial charge on any atom is -0.369 e. The summed E-state index contributed by atoms with van der Waals surface area (Å²) in [6, 6.07) is 10.6. The molecule has 2 fully saturated rings. The lowest BCUT2D eigenvalue weighted by molar-refractivity contribution is -0.128. The Labute approximate surface area is 126 Å². The zero-order valence-corrected chi connectivity index (χ0v) is 12.6. The van der Waals surface area contributed by atoms with Crippen LogP contribution in [0, 0.1) is 0 Å². The molecule has 4 nitrogen and oxygen atoms in total. The summed E-state index contributed by atoms with van der Waals surface area (Å²) < 4.78 is 0. The maximum atomic E-state index is 12.5. The largest absolute Gasteiger partial charge is 0.369 e. The fraction of sp³-hybridized carbons (Fsp3) is 0.588. The highest BCUT2D eigenvalue weighted by Gasteiger charge is 2.37. The van der Waals surface area contributed by atoms with Gasteiger partial charge in [0.05, 0.1) is 5.54 Å². The first kappa shape index (κ1) is 14.4. The number of hydrogen-bond donors (Lipinski definition) is 2. The first-order valence-electron chi connectivity index (χ1n) is 8.07. The third-order valence-electron chi connectivity index (χ3n) is 4.84. The Morgan fingerprint density at radius 3 is 2.62 bits per heavy atom. The molecular weight excluding hydrogens is 262 g/mol. The van der Waals surface area contributed by atoms with E-state index in [9.17, 15) is 4.79 Å². The van der Waals surface area contributed by atoms with Crippen LogP contribution in [0.4, 0.5) is 5.69 Å². The number of nitrogens with one attached hydrogen (secondary N) is 1. The van der Waals surface area contributed by atoms with Gasteiger partial charge in [-0.2, -0.15) is 0 Å². The van der Waals surface area contributed by atoms with E-state index in [1.165, 1.54) is 12.1 Å². The van der Waals surface area contributed by atoms with Gasteiger partial charge in [0, 0.05) is 24.8 Å². The number of para-hydroxylation sites is 1. The number of rotatable bonds is 3. The Kier molecular flexibility index (Phi) is 4.15. The number of anilines is 1. The van der Waals surface area contributed by atoms with Crippen LogP contribution in [0.15, 0.2) is 30.3 Å². The van der Waals surface area contributed by atoms with E-state index < -0.39 is 5.54 Å². The van der Waals surface area contributed by atoms with Crippen molar-refractivity contribution in [2.24, 2.45) is 5.73 Å². The molecule has 1 aromatic rings. The molecule has 0 spiro atoms. The summed E-state index contributed by atoms with van der Waals surface area (Å²) in [7, 11) is 0. The van der Waals surface area contributed by atoms with Gasteiger partial charge >= 0.3 is 0 Å². The fourth-order valence-electron chi connectivity index (χ4n) is 3.49. The number of carbonyl (C=O) groups is 1. The average molecular weight is 287 g/mol. The van der Waals surface area contributed by atoms with Crippen LogP contribution in [0.5, 0.6) is 0 Å². The molecule has 0 radical (unpaired) electrons. The van der Waals surface area contributed by atoms with Crippen LogP contribution in [0.25, 0.3) is 0 Å². The first-order valence-corrected chi connectivity index (χ1v) is 8.07. The van der Waals surface area contributed by atoms with E-state index in [0.717, 1.165) is 45.2 Å². The second kappa shape index (κ2) is 6.06. The molecule has 0 aromatic heterocycles. The Hall–Kier alpha value is -1.55. The fourth-order valence-corrected chi connectivity index (χ4v) is 3.49. The molecule has 1 saturated carbocycles. The van der Waals surface area contributed by atoms with Crippen LogP contribution in [-0.4, -0.2) is 30.6 Å². The van der Waals surface area contributed by atoms with E-state index in [1.54, 1.807) is 0 Å². The van der Waals surface area contributed by atoms with Crippen molar-refractivity contribution < 1.29 is 4.79 Å². The van der Waals surface area contributed by atoms with Gasteiger partial charge in [0.1, 0.15) is 0 Å². The van der Waals surface area contributed by atoms with Crippen LogP contribution in [0.3, 0.4) is 0 Å². The molecule has 1 atom stereocenters. The van der Waals surface area contributed by atoms with Gasteiger partial charge in [-0.25, -0.2) is 0 Å². The van der Waals surface area contributed by atoms with Gasteiger partial charge in [0.25, 0.3) is 0 Å². The standard InChI is InChI=1S/C17H25N3O/c18-17(10-5-2-6-11-17)16(21)19-14-9-12-20(13-14)15-7-3-1-4-8-15/h1,3-4,7-8,14H,2,5-6,9-13,18H2,(H,19,21). The van der Waals surface area contributed by atoms with Gasteiger partial charge in [0.2, 0.25) is 5.91 Å². The van der Waals surface area contributed by atoms with E-state index in [2.05, 4.69) is 34.5 Å². The summed E-state index contributed by atoms with van der Waals surface area (Å²) in [5.41, 5.74) is 6.91. The van der Waals surface area contributed by atoms with Crippen LogP contribution in [0.2, 0.25) is 0 Å². The topological polar surface area (TPSA) is 58.4 Å². The lowest BCUT2D eigenvalue weighted by atomic mass is 9.82. The summed E-state index contributed by atoms with van der Waals surface area (Å²) in [6.45, 7) is 1.87. The predicted molar refractivity (Wildman–Crippen MR) is 85.2 cm³/mol. The molecule has 0 bridgehead atoms. The number of nitrogens with two attached hydrogens (primary N) is 1. The predicted octanol–water partition coefficient (Wildman–Crippen LogP) is 2.04. The van der Waals surface area contributed by atoms with Gasteiger partial charge in [-0.05, 0) is 31.4 Å². The maximum absolute atomic E-state index is 12.5. The molecule has 3 N–H and O–H groups in total. The molecule has 4 heteroatoms. The molecule has 1 aliphatic heterocycles. The van der Waals surface area contributed by atoms with E-state index in [1.807, 2.05) is 6.07 Å². The van der Waals surface area contributed by atoms with Crippen molar-refractivity contribution in [2.45, 2.75) is 50.1 Å². The second-order valence-electron chi connectivity index (χ2n) is 6.46. The normalized spacial score (nSPS) is 24.8.